The highest BCUT2D eigenvalue weighted by molar-refractivity contribution is 8.00. The minimum absolute atomic E-state index is 0.0543. The summed E-state index contributed by atoms with van der Waals surface area (Å²) >= 11 is 0.981. The maximum absolute atomic E-state index is 12.6. The number of carbonyl (C=O) groups excluding carboxylic acids is 1. The molecule has 22 heavy (non-hydrogen) atoms. The molecule has 1 aliphatic rings. The maximum atomic E-state index is 12.6. The summed E-state index contributed by atoms with van der Waals surface area (Å²) in [5, 5.41) is 2.59. The average Bonchev–Trinajstić information content (AvgIpc) is 2.75. The van der Waals surface area contributed by atoms with E-state index in [1.54, 1.807) is 0 Å². The van der Waals surface area contributed by atoms with Crippen molar-refractivity contribution in [3.8, 4) is 0 Å². The lowest BCUT2D eigenvalue weighted by atomic mass is 10.2. The number of thioether (sulfide) groups is 1. The average molecular weight is 353 g/mol. The second kappa shape index (κ2) is 6.49. The number of hydrogen-bond donors (Lipinski definition) is 1. The van der Waals surface area contributed by atoms with Crippen LogP contribution in [-0.4, -0.2) is 37.6 Å². The molecule has 9 heteroatoms. The van der Waals surface area contributed by atoms with E-state index in [-0.39, 0.29) is 23.2 Å². The largest absolute Gasteiger partial charge is 0.416 e. The van der Waals surface area contributed by atoms with Crippen LogP contribution in [0.5, 0.6) is 0 Å². The summed E-state index contributed by atoms with van der Waals surface area (Å²) < 4.78 is 60.2. The molecule has 0 aromatic heterocycles. The first-order valence-electron chi connectivity index (χ1n) is 6.45. The van der Waals surface area contributed by atoms with Gasteiger partial charge in [-0.05, 0) is 24.6 Å². The summed E-state index contributed by atoms with van der Waals surface area (Å²) in [7, 11) is -3.08. The van der Waals surface area contributed by atoms with Crippen LogP contribution < -0.4 is 5.32 Å². The summed E-state index contributed by atoms with van der Waals surface area (Å²) in [5.41, 5.74) is -0.764. The Balaban J connectivity index is 1.87. The van der Waals surface area contributed by atoms with Crippen LogP contribution in [0.15, 0.2) is 29.2 Å². The van der Waals surface area contributed by atoms with E-state index in [4.69, 9.17) is 0 Å². The van der Waals surface area contributed by atoms with Gasteiger partial charge in [-0.1, -0.05) is 6.07 Å². The van der Waals surface area contributed by atoms with Crippen molar-refractivity contribution in [2.45, 2.75) is 23.5 Å². The van der Waals surface area contributed by atoms with Crippen molar-refractivity contribution in [2.75, 3.05) is 17.3 Å². The maximum Gasteiger partial charge on any atom is 0.416 e. The Morgan fingerprint density at radius 2 is 2.09 bits per heavy atom. The Bertz CT molecular complexity index is 659. The minimum atomic E-state index is -4.42. The number of alkyl halides is 3. The van der Waals surface area contributed by atoms with E-state index < -0.39 is 27.6 Å². The van der Waals surface area contributed by atoms with Gasteiger partial charge in [0.1, 0.15) is 0 Å². The predicted octanol–water partition coefficient (Wildman–Crippen LogP) is 2.10. The minimum Gasteiger partial charge on any atom is -0.352 e. The van der Waals surface area contributed by atoms with Gasteiger partial charge in [-0.2, -0.15) is 13.2 Å². The van der Waals surface area contributed by atoms with Gasteiger partial charge in [0.15, 0.2) is 9.84 Å². The van der Waals surface area contributed by atoms with Gasteiger partial charge >= 0.3 is 6.18 Å². The quantitative estimate of drug-likeness (QED) is 0.842. The number of halogens is 3. The van der Waals surface area contributed by atoms with Gasteiger partial charge < -0.3 is 5.32 Å². The first-order valence-corrected chi connectivity index (χ1v) is 9.26. The van der Waals surface area contributed by atoms with Gasteiger partial charge in [0.2, 0.25) is 5.91 Å². The van der Waals surface area contributed by atoms with E-state index in [9.17, 15) is 26.4 Å². The molecule has 122 valence electrons. The fourth-order valence-electron chi connectivity index (χ4n) is 2.09. The SMILES string of the molecule is O=C(CSc1cccc(C(F)(F)F)c1)N[C@@H]1CCS(=O)(=O)C1. The van der Waals surface area contributed by atoms with Crippen molar-refractivity contribution in [3.05, 3.63) is 29.8 Å². The van der Waals surface area contributed by atoms with Crippen LogP contribution in [-0.2, 0) is 20.8 Å². The summed E-state index contributed by atoms with van der Waals surface area (Å²) in [6.07, 6.45) is -4.04. The number of sulfone groups is 1. The second-order valence-electron chi connectivity index (χ2n) is 4.98. The summed E-state index contributed by atoms with van der Waals surface area (Å²) in [6, 6.07) is 4.32. The van der Waals surface area contributed by atoms with E-state index >= 15 is 0 Å². The normalized spacial score (nSPS) is 20.8. The lowest BCUT2D eigenvalue weighted by molar-refractivity contribution is -0.137. The molecule has 1 fully saturated rings. The highest BCUT2D eigenvalue weighted by Crippen LogP contribution is 2.31. The lowest BCUT2D eigenvalue weighted by Crippen LogP contribution is -2.36. The van der Waals surface area contributed by atoms with Crippen molar-refractivity contribution in [1.82, 2.24) is 5.32 Å². The van der Waals surface area contributed by atoms with Crippen LogP contribution in [0.25, 0.3) is 0 Å². The van der Waals surface area contributed by atoms with E-state index in [2.05, 4.69) is 5.32 Å². The molecule has 1 aliphatic heterocycles. The summed E-state index contributed by atoms with van der Waals surface area (Å²) in [4.78, 5) is 12.1. The first-order chi connectivity index (χ1) is 10.2. The molecule has 2 rings (SSSR count). The number of carbonyl (C=O) groups is 1. The molecule has 1 atom stereocenters. The molecule has 0 spiro atoms. The molecular weight excluding hydrogens is 339 g/mol. The van der Waals surface area contributed by atoms with E-state index in [1.807, 2.05) is 0 Å². The van der Waals surface area contributed by atoms with E-state index in [0.29, 0.717) is 11.3 Å². The predicted molar refractivity (Wildman–Crippen MR) is 77.4 cm³/mol. The fraction of sp³-hybridized carbons (Fsp3) is 0.462. The highest BCUT2D eigenvalue weighted by atomic mass is 32.2. The van der Waals surface area contributed by atoms with Crippen LogP contribution in [0.2, 0.25) is 0 Å². The highest BCUT2D eigenvalue weighted by Gasteiger charge is 2.31. The van der Waals surface area contributed by atoms with E-state index in [0.717, 1.165) is 23.9 Å². The lowest BCUT2D eigenvalue weighted by Gasteiger charge is -2.11. The number of rotatable bonds is 4. The van der Waals surface area contributed by atoms with Gasteiger partial charge in [-0.3, -0.25) is 4.79 Å². The molecule has 1 N–H and O–H groups in total. The van der Waals surface area contributed by atoms with E-state index in [1.165, 1.54) is 12.1 Å². The number of nitrogens with one attached hydrogen (secondary N) is 1. The van der Waals surface area contributed by atoms with Crippen LogP contribution in [0.1, 0.15) is 12.0 Å². The molecule has 1 aromatic rings. The fourth-order valence-corrected chi connectivity index (χ4v) is 4.53. The standard InChI is InChI=1S/C13H14F3NO3S2/c14-13(15,16)9-2-1-3-11(6-9)21-7-12(18)17-10-4-5-22(19,20)8-10/h1-3,6,10H,4-5,7-8H2,(H,17,18)/t10-/m1/s1. The molecule has 1 aromatic carbocycles. The van der Waals surface area contributed by atoms with Crippen molar-refractivity contribution in [2.24, 2.45) is 0 Å². The number of amides is 1. The van der Waals surface area contributed by atoms with Crippen LogP contribution >= 0.6 is 11.8 Å². The number of benzene rings is 1. The molecule has 0 unspecified atom stereocenters. The zero-order valence-corrected chi connectivity index (χ0v) is 13.0. The van der Waals surface area contributed by atoms with Crippen LogP contribution in [0.3, 0.4) is 0 Å². The Hall–Kier alpha value is -1.22. The van der Waals surface area contributed by atoms with Gasteiger partial charge in [0.25, 0.3) is 0 Å². The Morgan fingerprint density at radius 1 is 1.36 bits per heavy atom. The Morgan fingerprint density at radius 3 is 2.68 bits per heavy atom. The third-order valence-electron chi connectivity index (χ3n) is 3.13. The molecule has 0 radical (unpaired) electrons. The first kappa shape index (κ1) is 17.1. The summed E-state index contributed by atoms with van der Waals surface area (Å²) in [6.45, 7) is 0. The topological polar surface area (TPSA) is 63.2 Å². The molecular formula is C13H14F3NO3S2. The zero-order chi connectivity index (χ0) is 16.4. The Kier molecular flexibility index (Phi) is 5.06. The van der Waals surface area contributed by atoms with Gasteiger partial charge in [-0.25, -0.2) is 8.42 Å². The molecule has 1 saturated heterocycles. The second-order valence-corrected chi connectivity index (χ2v) is 8.26. The van der Waals surface area contributed by atoms with Crippen molar-refractivity contribution in [3.63, 3.8) is 0 Å². The van der Waals surface area contributed by atoms with Crippen LogP contribution in [0, 0.1) is 0 Å². The van der Waals surface area contributed by atoms with Gasteiger partial charge in [0, 0.05) is 10.9 Å². The molecule has 0 aliphatic carbocycles. The van der Waals surface area contributed by atoms with Gasteiger partial charge in [-0.15, -0.1) is 11.8 Å². The van der Waals surface area contributed by atoms with Crippen LogP contribution in [0.4, 0.5) is 13.2 Å². The number of hydrogen-bond acceptors (Lipinski definition) is 4. The molecule has 1 amide bonds. The molecule has 0 saturated carbocycles. The monoisotopic (exact) mass is 353 g/mol. The smallest absolute Gasteiger partial charge is 0.352 e. The third-order valence-corrected chi connectivity index (χ3v) is 5.89. The van der Waals surface area contributed by atoms with Crippen molar-refractivity contribution in [1.29, 1.82) is 0 Å². The Labute approximate surface area is 130 Å². The zero-order valence-electron chi connectivity index (χ0n) is 11.4. The molecule has 4 nitrogen and oxygen atoms in total. The summed E-state index contributed by atoms with van der Waals surface area (Å²) in [5.74, 6) is -0.465. The van der Waals surface area contributed by atoms with Crippen molar-refractivity contribution >= 4 is 27.5 Å². The van der Waals surface area contributed by atoms with Gasteiger partial charge in [0.05, 0.1) is 22.8 Å². The molecule has 1 heterocycles. The molecule has 0 bridgehead atoms. The van der Waals surface area contributed by atoms with Crippen molar-refractivity contribution < 1.29 is 26.4 Å². The third kappa shape index (κ3) is 4.91.